The highest BCUT2D eigenvalue weighted by molar-refractivity contribution is 5.95. The summed E-state index contributed by atoms with van der Waals surface area (Å²) in [5.74, 6) is 0.102. The molecular formula is C15H22N2O. The van der Waals surface area contributed by atoms with E-state index in [0.717, 1.165) is 30.6 Å². The van der Waals surface area contributed by atoms with Crippen LogP contribution in [0.25, 0.3) is 0 Å². The first kappa shape index (κ1) is 13.1. The summed E-state index contributed by atoms with van der Waals surface area (Å²) in [5, 5.41) is 6.37. The molecule has 2 N–H and O–H groups in total. The van der Waals surface area contributed by atoms with E-state index in [1.54, 1.807) is 0 Å². The lowest BCUT2D eigenvalue weighted by molar-refractivity contribution is -0.118. The van der Waals surface area contributed by atoms with Crippen LogP contribution in [0.2, 0.25) is 0 Å². The third-order valence-electron chi connectivity index (χ3n) is 3.53. The van der Waals surface area contributed by atoms with Crippen molar-refractivity contribution >= 4 is 11.6 Å². The van der Waals surface area contributed by atoms with E-state index in [9.17, 15) is 4.79 Å². The molecule has 0 bridgehead atoms. The zero-order valence-electron chi connectivity index (χ0n) is 11.3. The van der Waals surface area contributed by atoms with Crippen LogP contribution in [0, 0.1) is 13.8 Å². The molecule has 1 aliphatic heterocycles. The van der Waals surface area contributed by atoms with Gasteiger partial charge in [-0.25, -0.2) is 0 Å². The number of anilines is 1. The fraction of sp³-hybridized carbons (Fsp3) is 0.533. The third kappa shape index (κ3) is 3.33. The van der Waals surface area contributed by atoms with Gasteiger partial charge in [-0.05, 0) is 50.4 Å². The standard InChI is InChI=1S/C15H22N2O/c1-11-7-8-12(2)14(10-11)17-15(18)13-6-4-3-5-9-16-13/h7-8,10,13,16H,3-6,9H2,1-2H3,(H,17,18). The smallest absolute Gasteiger partial charge is 0.241 e. The monoisotopic (exact) mass is 246 g/mol. The molecule has 1 heterocycles. The molecule has 0 spiro atoms. The Morgan fingerprint density at radius 3 is 2.94 bits per heavy atom. The average Bonchev–Trinajstić information content (AvgIpc) is 2.62. The quantitative estimate of drug-likeness (QED) is 0.842. The lowest BCUT2D eigenvalue weighted by Crippen LogP contribution is -2.39. The van der Waals surface area contributed by atoms with Crippen molar-refractivity contribution in [3.05, 3.63) is 29.3 Å². The number of hydrogen-bond acceptors (Lipinski definition) is 2. The third-order valence-corrected chi connectivity index (χ3v) is 3.53. The molecule has 1 aromatic rings. The van der Waals surface area contributed by atoms with Crippen LogP contribution >= 0.6 is 0 Å². The number of carbonyl (C=O) groups excluding carboxylic acids is 1. The Labute approximate surface area is 109 Å². The number of aryl methyl sites for hydroxylation is 2. The Hall–Kier alpha value is -1.35. The van der Waals surface area contributed by atoms with Crippen molar-refractivity contribution in [2.75, 3.05) is 11.9 Å². The van der Waals surface area contributed by atoms with Crippen molar-refractivity contribution in [2.24, 2.45) is 0 Å². The molecule has 2 rings (SSSR count). The second-order valence-corrected chi connectivity index (χ2v) is 5.16. The zero-order valence-corrected chi connectivity index (χ0v) is 11.3. The molecule has 1 amide bonds. The molecular weight excluding hydrogens is 224 g/mol. The highest BCUT2D eigenvalue weighted by Crippen LogP contribution is 2.17. The molecule has 1 unspecified atom stereocenters. The molecule has 1 aromatic carbocycles. The van der Waals surface area contributed by atoms with Crippen molar-refractivity contribution in [3.63, 3.8) is 0 Å². The van der Waals surface area contributed by atoms with E-state index >= 15 is 0 Å². The van der Waals surface area contributed by atoms with Gasteiger partial charge in [-0.2, -0.15) is 0 Å². The minimum absolute atomic E-state index is 0.0348. The van der Waals surface area contributed by atoms with Crippen LogP contribution < -0.4 is 10.6 Å². The molecule has 1 atom stereocenters. The second-order valence-electron chi connectivity index (χ2n) is 5.16. The first-order valence-corrected chi connectivity index (χ1v) is 6.78. The van der Waals surface area contributed by atoms with E-state index < -0.39 is 0 Å². The second kappa shape index (κ2) is 6.01. The van der Waals surface area contributed by atoms with E-state index in [1.807, 2.05) is 26.0 Å². The molecule has 18 heavy (non-hydrogen) atoms. The van der Waals surface area contributed by atoms with Crippen LogP contribution in [0.1, 0.15) is 36.8 Å². The van der Waals surface area contributed by atoms with Crippen LogP contribution in [0.5, 0.6) is 0 Å². The first-order valence-electron chi connectivity index (χ1n) is 6.78. The van der Waals surface area contributed by atoms with Gasteiger partial charge in [0.1, 0.15) is 0 Å². The number of benzene rings is 1. The van der Waals surface area contributed by atoms with Crippen molar-refractivity contribution in [1.82, 2.24) is 5.32 Å². The number of amides is 1. The summed E-state index contributed by atoms with van der Waals surface area (Å²) in [7, 11) is 0. The summed E-state index contributed by atoms with van der Waals surface area (Å²) < 4.78 is 0. The topological polar surface area (TPSA) is 41.1 Å². The van der Waals surface area contributed by atoms with Gasteiger partial charge in [0.15, 0.2) is 0 Å². The largest absolute Gasteiger partial charge is 0.324 e. The van der Waals surface area contributed by atoms with Crippen LogP contribution in [0.4, 0.5) is 5.69 Å². The molecule has 1 saturated heterocycles. The molecule has 0 aliphatic carbocycles. The SMILES string of the molecule is Cc1ccc(C)c(NC(=O)C2CCCCCN2)c1. The number of carbonyl (C=O) groups is 1. The molecule has 98 valence electrons. The van der Waals surface area contributed by atoms with Crippen molar-refractivity contribution < 1.29 is 4.79 Å². The van der Waals surface area contributed by atoms with Gasteiger partial charge in [0.05, 0.1) is 6.04 Å². The van der Waals surface area contributed by atoms with Crippen LogP contribution in [-0.2, 0) is 4.79 Å². The Kier molecular flexibility index (Phi) is 4.37. The average molecular weight is 246 g/mol. The van der Waals surface area contributed by atoms with Crippen molar-refractivity contribution in [2.45, 2.75) is 45.6 Å². The maximum Gasteiger partial charge on any atom is 0.241 e. The van der Waals surface area contributed by atoms with Gasteiger partial charge in [-0.15, -0.1) is 0 Å². The van der Waals surface area contributed by atoms with Gasteiger partial charge in [0.2, 0.25) is 5.91 Å². The van der Waals surface area contributed by atoms with E-state index in [4.69, 9.17) is 0 Å². The molecule has 3 heteroatoms. The maximum atomic E-state index is 12.2. The molecule has 0 aromatic heterocycles. The molecule has 1 fully saturated rings. The van der Waals surface area contributed by atoms with Gasteiger partial charge < -0.3 is 10.6 Å². The van der Waals surface area contributed by atoms with Crippen LogP contribution in [0.3, 0.4) is 0 Å². The van der Waals surface area contributed by atoms with Crippen molar-refractivity contribution in [1.29, 1.82) is 0 Å². The Balaban J connectivity index is 2.03. The lowest BCUT2D eigenvalue weighted by atomic mass is 10.1. The lowest BCUT2D eigenvalue weighted by Gasteiger charge is -2.17. The molecule has 0 saturated carbocycles. The van der Waals surface area contributed by atoms with Gasteiger partial charge in [-0.1, -0.05) is 25.0 Å². The van der Waals surface area contributed by atoms with Gasteiger partial charge in [-0.3, -0.25) is 4.79 Å². The van der Waals surface area contributed by atoms with Gasteiger partial charge >= 0.3 is 0 Å². The Morgan fingerprint density at radius 2 is 2.11 bits per heavy atom. The summed E-state index contributed by atoms with van der Waals surface area (Å²) in [6.07, 6.45) is 4.47. The molecule has 1 aliphatic rings. The van der Waals surface area contributed by atoms with Crippen LogP contribution in [-0.4, -0.2) is 18.5 Å². The minimum atomic E-state index is -0.0348. The first-order chi connectivity index (χ1) is 8.66. The fourth-order valence-electron chi connectivity index (χ4n) is 2.34. The molecule has 0 radical (unpaired) electrons. The zero-order chi connectivity index (χ0) is 13.0. The summed E-state index contributed by atoms with van der Waals surface area (Å²) in [6, 6.07) is 6.11. The highest BCUT2D eigenvalue weighted by Gasteiger charge is 2.19. The highest BCUT2D eigenvalue weighted by atomic mass is 16.2. The summed E-state index contributed by atoms with van der Waals surface area (Å²) in [5.41, 5.74) is 3.22. The van der Waals surface area contributed by atoms with E-state index in [-0.39, 0.29) is 11.9 Å². The summed E-state index contributed by atoms with van der Waals surface area (Å²) in [4.78, 5) is 12.2. The fourth-order valence-corrected chi connectivity index (χ4v) is 2.34. The normalized spacial score (nSPS) is 20.2. The predicted molar refractivity (Wildman–Crippen MR) is 74.8 cm³/mol. The van der Waals surface area contributed by atoms with Gasteiger partial charge in [0, 0.05) is 5.69 Å². The predicted octanol–water partition coefficient (Wildman–Crippen LogP) is 2.77. The van der Waals surface area contributed by atoms with E-state index in [1.165, 1.54) is 18.4 Å². The summed E-state index contributed by atoms with van der Waals surface area (Å²) >= 11 is 0. The Morgan fingerprint density at radius 1 is 1.28 bits per heavy atom. The molecule has 3 nitrogen and oxygen atoms in total. The van der Waals surface area contributed by atoms with Crippen LogP contribution in [0.15, 0.2) is 18.2 Å². The van der Waals surface area contributed by atoms with Crippen molar-refractivity contribution in [3.8, 4) is 0 Å². The number of nitrogens with one attached hydrogen (secondary N) is 2. The Bertz CT molecular complexity index is 421. The number of rotatable bonds is 2. The van der Waals surface area contributed by atoms with Gasteiger partial charge in [0.25, 0.3) is 0 Å². The number of hydrogen-bond donors (Lipinski definition) is 2. The summed E-state index contributed by atoms with van der Waals surface area (Å²) in [6.45, 7) is 5.01. The maximum absolute atomic E-state index is 12.2. The van der Waals surface area contributed by atoms with E-state index in [2.05, 4.69) is 16.7 Å². The minimum Gasteiger partial charge on any atom is -0.324 e. The van der Waals surface area contributed by atoms with E-state index in [0.29, 0.717) is 0 Å².